The smallest absolute Gasteiger partial charge is 0.136 e. The van der Waals surface area contributed by atoms with Crippen molar-refractivity contribution in [1.29, 1.82) is 0 Å². The third-order valence-electron chi connectivity index (χ3n) is 2.06. The van der Waals surface area contributed by atoms with Crippen LogP contribution in [0.2, 0.25) is 0 Å². The number of aldehydes is 1. The Hall–Kier alpha value is -0.700. The summed E-state index contributed by atoms with van der Waals surface area (Å²) < 4.78 is 0. The third kappa shape index (κ3) is 7.65. The highest BCUT2D eigenvalue weighted by Gasteiger charge is 2.00. The average molecular weight is 185 g/mol. The van der Waals surface area contributed by atoms with Gasteiger partial charge in [-0.25, -0.2) is 0 Å². The molecule has 0 aliphatic rings. The van der Waals surface area contributed by atoms with E-state index >= 15 is 0 Å². The summed E-state index contributed by atoms with van der Waals surface area (Å²) in [6.07, 6.45) is 5.68. The van der Waals surface area contributed by atoms with Gasteiger partial charge in [0.1, 0.15) is 12.1 Å². The lowest BCUT2D eigenvalue weighted by atomic mass is 10.1. The molecule has 3 nitrogen and oxygen atoms in total. The van der Waals surface area contributed by atoms with E-state index in [9.17, 15) is 9.59 Å². The van der Waals surface area contributed by atoms with Crippen molar-refractivity contribution in [2.24, 2.45) is 5.73 Å². The van der Waals surface area contributed by atoms with Crippen LogP contribution in [0.5, 0.6) is 0 Å². The van der Waals surface area contributed by atoms with Crippen LogP contribution in [0.15, 0.2) is 0 Å². The third-order valence-corrected chi connectivity index (χ3v) is 2.06. The zero-order valence-electron chi connectivity index (χ0n) is 8.29. The second-order valence-corrected chi connectivity index (χ2v) is 3.29. The van der Waals surface area contributed by atoms with Gasteiger partial charge in [0.25, 0.3) is 0 Å². The molecule has 13 heavy (non-hydrogen) atoms. The minimum Gasteiger partial charge on any atom is -0.322 e. The minimum atomic E-state index is -0.318. The molecule has 0 aromatic heterocycles. The number of Topliss-reactive ketones (excluding diaryl/α,β-unsaturated/α-hetero) is 1. The number of carbonyl (C=O) groups is 2. The quantitative estimate of drug-likeness (QED) is 0.460. The highest BCUT2D eigenvalue weighted by molar-refractivity contribution is 5.77. The van der Waals surface area contributed by atoms with Gasteiger partial charge in [0, 0.05) is 12.8 Å². The molecule has 0 spiro atoms. The second kappa shape index (κ2) is 7.92. The Balaban J connectivity index is 3.17. The van der Waals surface area contributed by atoms with Crippen LogP contribution in [0.25, 0.3) is 0 Å². The van der Waals surface area contributed by atoms with E-state index in [2.05, 4.69) is 0 Å². The number of rotatable bonds is 8. The molecule has 0 aliphatic carbocycles. The summed E-state index contributed by atoms with van der Waals surface area (Å²) in [6.45, 7) is 1.88. The molecule has 0 aromatic rings. The molecule has 0 aromatic carbocycles. The molecule has 0 heterocycles. The molecule has 3 heteroatoms. The highest BCUT2D eigenvalue weighted by Crippen LogP contribution is 2.05. The van der Waals surface area contributed by atoms with Gasteiger partial charge in [0.05, 0.1) is 6.04 Å². The van der Waals surface area contributed by atoms with Crippen LogP contribution in [0.3, 0.4) is 0 Å². The maximum Gasteiger partial charge on any atom is 0.136 e. The molecule has 1 unspecified atom stereocenters. The summed E-state index contributed by atoms with van der Waals surface area (Å²) in [5.74, 6) is 0.319. The second-order valence-electron chi connectivity index (χ2n) is 3.29. The zero-order valence-corrected chi connectivity index (χ0v) is 8.29. The summed E-state index contributed by atoms with van der Waals surface area (Å²) in [4.78, 5) is 21.0. The van der Waals surface area contributed by atoms with Crippen LogP contribution in [0.4, 0.5) is 0 Å². The monoisotopic (exact) mass is 185 g/mol. The number of unbranched alkanes of at least 4 members (excludes halogenated alkanes) is 2. The first-order valence-corrected chi connectivity index (χ1v) is 4.93. The van der Waals surface area contributed by atoms with Crippen LogP contribution in [0, 0.1) is 0 Å². The molecule has 0 bridgehead atoms. The fourth-order valence-electron chi connectivity index (χ4n) is 1.12. The van der Waals surface area contributed by atoms with Crippen molar-refractivity contribution in [3.8, 4) is 0 Å². The van der Waals surface area contributed by atoms with Crippen molar-refractivity contribution in [3.63, 3.8) is 0 Å². The lowest BCUT2D eigenvalue weighted by Gasteiger charge is -2.02. The lowest BCUT2D eigenvalue weighted by molar-refractivity contribution is -0.118. The van der Waals surface area contributed by atoms with E-state index in [0.29, 0.717) is 18.6 Å². The minimum absolute atomic E-state index is 0.318. The fraction of sp³-hybridized carbons (Fsp3) is 0.800. The van der Waals surface area contributed by atoms with Gasteiger partial charge in [0.2, 0.25) is 0 Å². The van der Waals surface area contributed by atoms with Crippen LogP contribution < -0.4 is 5.73 Å². The maximum absolute atomic E-state index is 10.9. The normalized spacial score (nSPS) is 12.5. The number of nitrogens with two attached hydrogens (primary N) is 1. The Morgan fingerprint density at radius 1 is 1.38 bits per heavy atom. The van der Waals surface area contributed by atoms with E-state index in [4.69, 9.17) is 5.73 Å². The largest absolute Gasteiger partial charge is 0.322 e. The van der Waals surface area contributed by atoms with Gasteiger partial charge in [-0.1, -0.05) is 19.8 Å². The van der Waals surface area contributed by atoms with Gasteiger partial charge in [-0.3, -0.25) is 4.79 Å². The van der Waals surface area contributed by atoms with E-state index in [-0.39, 0.29) is 6.04 Å². The summed E-state index contributed by atoms with van der Waals surface area (Å²) >= 11 is 0. The van der Waals surface area contributed by atoms with Gasteiger partial charge >= 0.3 is 0 Å². The van der Waals surface area contributed by atoms with Gasteiger partial charge in [0.15, 0.2) is 0 Å². The molecule has 0 saturated heterocycles. The van der Waals surface area contributed by atoms with E-state index in [1.165, 1.54) is 0 Å². The molecular weight excluding hydrogens is 166 g/mol. The van der Waals surface area contributed by atoms with Gasteiger partial charge < -0.3 is 10.5 Å². The first kappa shape index (κ1) is 12.3. The molecule has 0 rings (SSSR count). The molecule has 2 N–H and O–H groups in total. The van der Waals surface area contributed by atoms with Gasteiger partial charge in [-0.15, -0.1) is 0 Å². The molecular formula is C10H19NO2. The number of hydrogen-bond acceptors (Lipinski definition) is 3. The van der Waals surface area contributed by atoms with Crippen LogP contribution in [-0.2, 0) is 9.59 Å². The predicted molar refractivity (Wildman–Crippen MR) is 52.4 cm³/mol. The SMILES string of the molecule is CCC(=O)CCCCCC(N)C=O. The predicted octanol–water partition coefficient (Wildman–Crippen LogP) is 1.44. The van der Waals surface area contributed by atoms with Crippen molar-refractivity contribution in [1.82, 2.24) is 0 Å². The topological polar surface area (TPSA) is 60.2 Å². The van der Waals surface area contributed by atoms with Crippen molar-refractivity contribution >= 4 is 12.1 Å². The maximum atomic E-state index is 10.9. The first-order valence-electron chi connectivity index (χ1n) is 4.93. The van der Waals surface area contributed by atoms with Crippen molar-refractivity contribution in [3.05, 3.63) is 0 Å². The average Bonchev–Trinajstić information content (AvgIpc) is 2.16. The highest BCUT2D eigenvalue weighted by atomic mass is 16.1. The van der Waals surface area contributed by atoms with Gasteiger partial charge in [-0.2, -0.15) is 0 Å². The number of ketones is 1. The number of hydrogen-bond donors (Lipinski definition) is 1. The Morgan fingerprint density at radius 2 is 2.08 bits per heavy atom. The van der Waals surface area contributed by atoms with Crippen molar-refractivity contribution < 1.29 is 9.59 Å². The Labute approximate surface area is 79.7 Å². The molecule has 0 saturated carbocycles. The summed E-state index contributed by atoms with van der Waals surface area (Å²) in [7, 11) is 0. The molecule has 1 atom stereocenters. The van der Waals surface area contributed by atoms with E-state index in [0.717, 1.165) is 32.0 Å². The standard InChI is InChI=1S/C10H19NO2/c1-2-10(13)7-5-3-4-6-9(11)8-12/h8-9H,2-7,11H2,1H3. The lowest BCUT2D eigenvalue weighted by Crippen LogP contribution is -2.20. The van der Waals surface area contributed by atoms with E-state index in [1.54, 1.807) is 0 Å². The number of carbonyl (C=O) groups excluding carboxylic acids is 2. The van der Waals surface area contributed by atoms with E-state index < -0.39 is 0 Å². The first-order chi connectivity index (χ1) is 6.20. The van der Waals surface area contributed by atoms with Crippen LogP contribution in [0.1, 0.15) is 45.4 Å². The summed E-state index contributed by atoms with van der Waals surface area (Å²) in [5.41, 5.74) is 5.41. The summed E-state index contributed by atoms with van der Waals surface area (Å²) in [6, 6.07) is -0.318. The Bertz CT molecular complexity index is 157. The van der Waals surface area contributed by atoms with Crippen LogP contribution >= 0.6 is 0 Å². The molecule has 0 radical (unpaired) electrons. The van der Waals surface area contributed by atoms with Gasteiger partial charge in [-0.05, 0) is 12.8 Å². The fourth-order valence-corrected chi connectivity index (χ4v) is 1.12. The Kier molecular flexibility index (Phi) is 7.50. The van der Waals surface area contributed by atoms with Crippen molar-refractivity contribution in [2.45, 2.75) is 51.5 Å². The van der Waals surface area contributed by atoms with Crippen LogP contribution in [-0.4, -0.2) is 18.1 Å². The van der Waals surface area contributed by atoms with E-state index in [1.807, 2.05) is 6.92 Å². The zero-order chi connectivity index (χ0) is 10.1. The molecule has 76 valence electrons. The molecule has 0 fully saturated rings. The summed E-state index contributed by atoms with van der Waals surface area (Å²) in [5, 5.41) is 0. The molecule has 0 aliphatic heterocycles. The van der Waals surface area contributed by atoms with Crippen molar-refractivity contribution in [2.75, 3.05) is 0 Å². The Morgan fingerprint density at radius 3 is 2.62 bits per heavy atom. The molecule has 0 amide bonds.